The molecule has 8 heteroatoms. The molecule has 3 rings (SSSR count). The lowest BCUT2D eigenvalue weighted by Crippen LogP contribution is -2.46. The Labute approximate surface area is 132 Å². The van der Waals surface area contributed by atoms with E-state index in [9.17, 15) is 9.59 Å². The molecule has 0 saturated carbocycles. The van der Waals surface area contributed by atoms with Crippen LogP contribution in [0, 0.1) is 6.92 Å². The number of hydrogen-bond donors (Lipinski definition) is 1. The van der Waals surface area contributed by atoms with Gasteiger partial charge in [-0.1, -0.05) is 5.16 Å². The van der Waals surface area contributed by atoms with Crippen molar-refractivity contribution in [3.05, 3.63) is 41.8 Å². The Bertz CT molecular complexity index is 692. The number of carbonyl (C=O) groups excluding carboxylic acids is 2. The zero-order valence-electron chi connectivity index (χ0n) is 12.7. The highest BCUT2D eigenvalue weighted by Gasteiger charge is 2.26. The number of likely N-dealkylation sites (tertiary alicyclic amines) is 1. The van der Waals surface area contributed by atoms with Crippen molar-refractivity contribution in [3.8, 4) is 0 Å². The molecule has 1 aliphatic rings. The molecule has 0 spiro atoms. The number of carbonyl (C=O) groups is 2. The van der Waals surface area contributed by atoms with Crippen molar-refractivity contribution in [2.45, 2.75) is 25.8 Å². The second kappa shape index (κ2) is 6.55. The van der Waals surface area contributed by atoms with Gasteiger partial charge in [-0.25, -0.2) is 4.98 Å². The van der Waals surface area contributed by atoms with Crippen LogP contribution in [-0.2, 0) is 0 Å². The number of aromatic nitrogens is 3. The quantitative estimate of drug-likeness (QED) is 0.899. The maximum absolute atomic E-state index is 12.3. The summed E-state index contributed by atoms with van der Waals surface area (Å²) in [6.07, 6.45) is 5.81. The van der Waals surface area contributed by atoms with Crippen LogP contribution in [0.1, 0.15) is 39.6 Å². The molecule has 3 heterocycles. The second-order valence-electron chi connectivity index (χ2n) is 5.45. The average molecular weight is 315 g/mol. The average Bonchev–Trinajstić information content (AvgIpc) is 3.02. The van der Waals surface area contributed by atoms with Gasteiger partial charge in [0.2, 0.25) is 0 Å². The summed E-state index contributed by atoms with van der Waals surface area (Å²) >= 11 is 0. The van der Waals surface area contributed by atoms with Crippen LogP contribution in [0.25, 0.3) is 0 Å². The first-order valence-electron chi connectivity index (χ1n) is 7.43. The lowest BCUT2D eigenvalue weighted by atomic mass is 10.0. The largest absolute Gasteiger partial charge is 0.361 e. The monoisotopic (exact) mass is 315 g/mol. The molecule has 23 heavy (non-hydrogen) atoms. The Kier molecular flexibility index (Phi) is 4.31. The standard InChI is InChI=1S/C15H17N5O3/c1-10-8-12(19-23-10)15(22)20-6-2-11(3-7-20)18-14(21)13-9-16-4-5-17-13/h4-5,8-9,11H,2-3,6-7H2,1H3,(H,18,21). The molecule has 120 valence electrons. The summed E-state index contributed by atoms with van der Waals surface area (Å²) in [6.45, 7) is 2.88. The number of nitrogens with one attached hydrogen (secondary N) is 1. The molecule has 0 aliphatic carbocycles. The Balaban J connectivity index is 1.52. The molecular formula is C15H17N5O3. The van der Waals surface area contributed by atoms with E-state index in [-0.39, 0.29) is 17.9 Å². The fourth-order valence-corrected chi connectivity index (χ4v) is 2.53. The third kappa shape index (κ3) is 3.53. The van der Waals surface area contributed by atoms with Crippen molar-refractivity contribution in [3.63, 3.8) is 0 Å². The Hall–Kier alpha value is -2.77. The van der Waals surface area contributed by atoms with Crippen LogP contribution in [0.15, 0.2) is 29.2 Å². The third-order valence-corrected chi connectivity index (χ3v) is 3.76. The lowest BCUT2D eigenvalue weighted by molar-refractivity contribution is 0.0687. The predicted octanol–water partition coefficient (Wildman–Crippen LogP) is 0.808. The summed E-state index contributed by atoms with van der Waals surface area (Å²) in [5.74, 6) is 0.232. The van der Waals surface area contributed by atoms with Gasteiger partial charge in [0.15, 0.2) is 5.69 Å². The van der Waals surface area contributed by atoms with Gasteiger partial charge in [0.25, 0.3) is 11.8 Å². The number of rotatable bonds is 3. The van der Waals surface area contributed by atoms with Gasteiger partial charge < -0.3 is 14.7 Å². The molecule has 0 radical (unpaired) electrons. The van der Waals surface area contributed by atoms with Crippen molar-refractivity contribution in [2.24, 2.45) is 0 Å². The van der Waals surface area contributed by atoms with E-state index in [0.29, 0.717) is 43.1 Å². The zero-order valence-corrected chi connectivity index (χ0v) is 12.7. The molecule has 0 atom stereocenters. The number of amides is 2. The van der Waals surface area contributed by atoms with Crippen molar-refractivity contribution >= 4 is 11.8 Å². The van der Waals surface area contributed by atoms with E-state index in [4.69, 9.17) is 4.52 Å². The molecule has 1 saturated heterocycles. The zero-order chi connectivity index (χ0) is 16.2. The summed E-state index contributed by atoms with van der Waals surface area (Å²) < 4.78 is 4.93. The van der Waals surface area contributed by atoms with E-state index in [1.165, 1.54) is 18.6 Å². The summed E-state index contributed by atoms with van der Waals surface area (Å²) in [5.41, 5.74) is 0.619. The maximum Gasteiger partial charge on any atom is 0.276 e. The lowest BCUT2D eigenvalue weighted by Gasteiger charge is -2.31. The van der Waals surface area contributed by atoms with Crippen LogP contribution in [-0.4, -0.2) is 51.0 Å². The van der Waals surface area contributed by atoms with Crippen LogP contribution < -0.4 is 5.32 Å². The van der Waals surface area contributed by atoms with Crippen molar-refractivity contribution in [1.29, 1.82) is 0 Å². The van der Waals surface area contributed by atoms with E-state index in [1.807, 2.05) is 0 Å². The highest BCUT2D eigenvalue weighted by atomic mass is 16.5. The van der Waals surface area contributed by atoms with E-state index < -0.39 is 0 Å². The van der Waals surface area contributed by atoms with Crippen molar-refractivity contribution in [2.75, 3.05) is 13.1 Å². The van der Waals surface area contributed by atoms with Crippen LogP contribution in [0.3, 0.4) is 0 Å². The predicted molar refractivity (Wildman–Crippen MR) is 79.7 cm³/mol. The molecule has 2 aromatic rings. The second-order valence-corrected chi connectivity index (χ2v) is 5.45. The van der Waals surface area contributed by atoms with E-state index in [1.54, 1.807) is 17.9 Å². The van der Waals surface area contributed by atoms with Gasteiger partial charge in [0.05, 0.1) is 6.20 Å². The molecule has 0 aromatic carbocycles. The minimum atomic E-state index is -0.241. The van der Waals surface area contributed by atoms with Crippen LogP contribution in [0.5, 0.6) is 0 Å². The molecule has 2 amide bonds. The van der Waals surface area contributed by atoms with Crippen molar-refractivity contribution < 1.29 is 14.1 Å². The fourth-order valence-electron chi connectivity index (χ4n) is 2.53. The molecule has 8 nitrogen and oxygen atoms in total. The van der Waals surface area contributed by atoms with Crippen LogP contribution in [0.4, 0.5) is 0 Å². The smallest absolute Gasteiger partial charge is 0.276 e. The molecule has 0 bridgehead atoms. The van der Waals surface area contributed by atoms with Gasteiger partial charge in [-0.15, -0.1) is 0 Å². The number of nitrogens with zero attached hydrogens (tertiary/aromatic N) is 4. The Morgan fingerprint density at radius 1 is 1.26 bits per heavy atom. The normalized spacial score (nSPS) is 15.4. The SMILES string of the molecule is Cc1cc(C(=O)N2CCC(NC(=O)c3cnccn3)CC2)no1. The molecule has 1 N–H and O–H groups in total. The number of piperidine rings is 1. The highest BCUT2D eigenvalue weighted by Crippen LogP contribution is 2.14. The van der Waals surface area contributed by atoms with Gasteiger partial charge in [-0.2, -0.15) is 0 Å². The highest BCUT2D eigenvalue weighted by molar-refractivity contribution is 5.93. The van der Waals surface area contributed by atoms with Gasteiger partial charge in [0, 0.05) is 37.6 Å². The summed E-state index contributed by atoms with van der Waals surface area (Å²) in [7, 11) is 0. The first kappa shape index (κ1) is 15.1. The summed E-state index contributed by atoms with van der Waals surface area (Å²) in [5, 5.41) is 6.67. The van der Waals surface area contributed by atoms with Gasteiger partial charge in [-0.3, -0.25) is 14.6 Å². The van der Waals surface area contributed by atoms with Gasteiger partial charge in [-0.05, 0) is 19.8 Å². The fraction of sp³-hybridized carbons (Fsp3) is 0.400. The maximum atomic E-state index is 12.3. The third-order valence-electron chi connectivity index (χ3n) is 3.76. The van der Waals surface area contributed by atoms with E-state index in [2.05, 4.69) is 20.4 Å². The van der Waals surface area contributed by atoms with Crippen LogP contribution >= 0.6 is 0 Å². The van der Waals surface area contributed by atoms with Crippen LogP contribution in [0.2, 0.25) is 0 Å². The minimum Gasteiger partial charge on any atom is -0.361 e. The summed E-state index contributed by atoms with van der Waals surface area (Å²) in [4.78, 5) is 33.9. The number of aryl methyl sites for hydroxylation is 1. The Morgan fingerprint density at radius 2 is 2.04 bits per heavy atom. The van der Waals surface area contributed by atoms with E-state index in [0.717, 1.165) is 0 Å². The number of hydrogen-bond acceptors (Lipinski definition) is 6. The molecule has 2 aromatic heterocycles. The first-order chi connectivity index (χ1) is 11.1. The molecule has 0 unspecified atom stereocenters. The van der Waals surface area contributed by atoms with Gasteiger partial charge in [0.1, 0.15) is 11.5 Å². The Morgan fingerprint density at radius 3 is 2.65 bits per heavy atom. The van der Waals surface area contributed by atoms with Gasteiger partial charge >= 0.3 is 0 Å². The van der Waals surface area contributed by atoms with Crippen molar-refractivity contribution in [1.82, 2.24) is 25.3 Å². The molecular weight excluding hydrogens is 298 g/mol. The topological polar surface area (TPSA) is 101 Å². The molecule has 1 fully saturated rings. The molecule has 1 aliphatic heterocycles. The summed E-state index contributed by atoms with van der Waals surface area (Å²) in [6, 6.07) is 1.65. The minimum absolute atomic E-state index is 0.0209. The first-order valence-corrected chi connectivity index (χ1v) is 7.43. The van der Waals surface area contributed by atoms with E-state index >= 15 is 0 Å².